The molecule has 96 heavy (non-hydrogen) atoms. The minimum atomic E-state index is -2.63. The summed E-state index contributed by atoms with van der Waals surface area (Å²) < 4.78 is 63.4. The molecule has 5 N–H and O–H groups in total. The quantitative estimate of drug-likeness (QED) is 0.0459. The predicted octanol–water partition coefficient (Wildman–Crippen LogP) is 6.36. The topological polar surface area (TPSA) is 246 Å². The number of piperazine rings is 2. The lowest BCUT2D eigenvalue weighted by atomic mass is 9.87. The molecule has 5 saturated carbocycles. The highest BCUT2D eigenvalue weighted by Gasteiger charge is 2.76. The third kappa shape index (κ3) is 14.9. The molecular weight excluding hydrogens is 1240 g/mol. The maximum Gasteiger partial charge on any atom is 0.343 e. The number of carbonyl (C=O) groups is 8. The second-order valence-electron chi connectivity index (χ2n) is 29.2. The van der Waals surface area contributed by atoms with Gasteiger partial charge in [0, 0.05) is 95.7 Å². The van der Waals surface area contributed by atoms with Gasteiger partial charge in [-0.3, -0.25) is 43.1 Å². The van der Waals surface area contributed by atoms with Crippen LogP contribution in [-0.2, 0) is 49.6 Å². The summed E-state index contributed by atoms with van der Waals surface area (Å²) in [6, 6.07) is 4.22. The van der Waals surface area contributed by atoms with Crippen molar-refractivity contribution < 1.29 is 65.5 Å². The molecule has 8 amide bonds. The summed E-state index contributed by atoms with van der Waals surface area (Å²) in [6.07, 6.45) is 6.72. The zero-order valence-corrected chi connectivity index (χ0v) is 57.4. The van der Waals surface area contributed by atoms with Gasteiger partial charge in [0.15, 0.2) is 12.1 Å². The Morgan fingerprint density at radius 1 is 0.771 bits per heavy atom. The lowest BCUT2D eigenvalue weighted by Crippen LogP contribution is -2.70. The van der Waals surface area contributed by atoms with Crippen molar-refractivity contribution in [2.75, 3.05) is 83.8 Å². The number of benzene rings is 2. The average Bonchev–Trinajstić information content (AvgIpc) is 1.56. The van der Waals surface area contributed by atoms with E-state index in [2.05, 4.69) is 41.5 Å². The number of amides is 8. The number of hydrogen-bond acceptors (Lipinski definition) is 13. The molecule has 524 valence electrons. The largest absolute Gasteiger partial charge is 0.369 e. The first kappa shape index (κ1) is 70.5. The van der Waals surface area contributed by atoms with Crippen LogP contribution in [-0.4, -0.2) is 214 Å². The summed E-state index contributed by atoms with van der Waals surface area (Å²) in [4.78, 5) is 124. The molecule has 22 nitrogen and oxygen atoms in total. The number of halogens is 3. The molecule has 0 radical (unpaired) electrons. The molecule has 1 aromatic heterocycles. The van der Waals surface area contributed by atoms with E-state index in [4.69, 9.17) is 9.47 Å². The van der Waals surface area contributed by atoms with E-state index >= 15 is 22.8 Å². The van der Waals surface area contributed by atoms with Crippen LogP contribution in [0.2, 0.25) is 0 Å². The van der Waals surface area contributed by atoms with Crippen LogP contribution >= 0.6 is 0 Å². The Morgan fingerprint density at radius 2 is 1.44 bits per heavy atom. The Kier molecular flexibility index (Phi) is 21.3. The van der Waals surface area contributed by atoms with Crippen LogP contribution in [0.15, 0.2) is 48.7 Å². The van der Waals surface area contributed by atoms with Crippen LogP contribution in [0.25, 0.3) is 0 Å². The summed E-state index contributed by atoms with van der Waals surface area (Å²) in [5.74, 6) is -7.25. The van der Waals surface area contributed by atoms with E-state index in [-0.39, 0.29) is 91.2 Å². The minimum absolute atomic E-state index is 0.0362. The van der Waals surface area contributed by atoms with Crippen molar-refractivity contribution in [3.63, 3.8) is 0 Å². The molecule has 25 heteroatoms. The van der Waals surface area contributed by atoms with Gasteiger partial charge in [0.05, 0.1) is 24.8 Å². The molecule has 12 rings (SSSR count). The van der Waals surface area contributed by atoms with Crippen LogP contribution in [0, 0.1) is 47.1 Å². The minimum Gasteiger partial charge on any atom is -0.369 e. The van der Waals surface area contributed by atoms with Gasteiger partial charge in [-0.05, 0) is 183 Å². The third-order valence-corrected chi connectivity index (χ3v) is 22.5. The number of quaternary nitrogens is 1. The van der Waals surface area contributed by atoms with E-state index in [1.54, 1.807) is 67.3 Å². The van der Waals surface area contributed by atoms with Crippen molar-refractivity contribution in [2.45, 2.75) is 198 Å². The van der Waals surface area contributed by atoms with Crippen LogP contribution in [0.3, 0.4) is 0 Å². The van der Waals surface area contributed by atoms with Gasteiger partial charge in [-0.15, -0.1) is 0 Å². The van der Waals surface area contributed by atoms with E-state index < -0.39 is 124 Å². The van der Waals surface area contributed by atoms with Crippen molar-refractivity contribution in [2.24, 2.45) is 35.5 Å². The molecular formula is C71H100F3N12O10+. The molecule has 2 bridgehead atoms. The number of hydrogen-bond donors (Lipinski definition) is 5. The highest BCUT2D eigenvalue weighted by Crippen LogP contribution is 2.55. The first-order chi connectivity index (χ1) is 45.8. The molecule has 13 atom stereocenters. The fourth-order valence-corrected chi connectivity index (χ4v) is 16.0. The first-order valence-electron chi connectivity index (χ1n) is 35.3. The van der Waals surface area contributed by atoms with Gasteiger partial charge >= 0.3 is 5.91 Å². The summed E-state index contributed by atoms with van der Waals surface area (Å²) in [6.45, 7) is 17.7. The molecule has 9 aliphatic rings. The number of rotatable bonds is 25. The van der Waals surface area contributed by atoms with E-state index in [0.717, 1.165) is 51.4 Å². The van der Waals surface area contributed by atoms with E-state index in [0.29, 0.717) is 62.5 Å². The van der Waals surface area contributed by atoms with Crippen LogP contribution in [0.5, 0.6) is 0 Å². The number of nitrogens with one attached hydrogen (secondary N) is 5. The van der Waals surface area contributed by atoms with Crippen molar-refractivity contribution in [1.82, 2.24) is 45.3 Å². The number of carbonyl (C=O) groups excluding carboxylic acids is 8. The van der Waals surface area contributed by atoms with Crippen molar-refractivity contribution in [3.8, 4) is 0 Å². The van der Waals surface area contributed by atoms with Gasteiger partial charge in [-0.25, -0.2) is 22.4 Å². The van der Waals surface area contributed by atoms with Gasteiger partial charge < -0.3 is 50.8 Å². The zero-order chi connectivity index (χ0) is 68.8. The normalized spacial score (nSPS) is 28.2. The summed E-state index contributed by atoms with van der Waals surface area (Å²) in [7, 11) is 3.48. The SMILES string of the molecule is CCO[C@@H](C)C(=O)[N+]1(C)C2CC2(F)C(=O)N[C@@H](C(C2CC2)C2CC2)C(=O)Nc2ccc(cc2F)[C@H](C)[C@@H]1C(=O)N1CCN(CCCO[C@@H](C)C(=O)N[C@@H](C(=O)N2CCN(C)[C@H](C)C2)[C@@H](C)c2ccc(NC(=O)[C@@H](NC(=O)c3ccnn3CC)C(C3CC3)C3CC3)c(F)c2)[C@H](C)C1. The molecule has 5 heterocycles. The standard InChI is InChI=1S/C71H99F3N12O10/c1-11-85-55(26-27-75-85)64(88)79-60(57(45-14-15-45)46-16-17-46)65(89)76-53-24-22-49(34-51(53)72)41(5)59(67(91)83-30-29-81(9)39(3)37-83)78-63(87)43(7)96-33-13-28-82-31-32-84(38-40(82)4)68(92)62-42(6)50-23-25-54(52(73)35-50)77-66(90)61(58(47-18-19-47)48-20-21-48)80-70(94)71(74)36-56(71)86(62,10)69(93)44(8)95-12-2/h22-27,34-35,39-48,56-62H,11-21,28-33,36-38H2,1-10H3,(H4-,76,77,78,79,80,87,88,89,90,94)/p+1/t39-,40-,41+,42+,43+,44+,56?,59-,60+,61+,62-,71?,86?/m1/s1. The Balaban J connectivity index is 0.742. The van der Waals surface area contributed by atoms with Crippen molar-refractivity contribution in [1.29, 1.82) is 0 Å². The lowest BCUT2D eigenvalue weighted by Gasteiger charge is -2.47. The molecule has 3 aromatic rings. The van der Waals surface area contributed by atoms with Gasteiger partial charge in [-0.1, -0.05) is 26.0 Å². The van der Waals surface area contributed by atoms with Crippen LogP contribution in [0.4, 0.5) is 24.5 Å². The molecule has 4 aliphatic heterocycles. The number of ether oxygens (including phenoxy) is 2. The second kappa shape index (κ2) is 29.0. The summed E-state index contributed by atoms with van der Waals surface area (Å²) >= 11 is 0. The monoisotopic (exact) mass is 1340 g/mol. The number of nitrogens with zero attached hydrogens (tertiary/aromatic N) is 7. The fourth-order valence-electron chi connectivity index (χ4n) is 16.0. The maximum absolute atomic E-state index is 17.8. The number of fused-ring (bicyclic) bond motifs is 8. The van der Waals surface area contributed by atoms with Crippen molar-refractivity contribution in [3.05, 3.63) is 77.1 Å². The summed E-state index contributed by atoms with van der Waals surface area (Å²) in [5, 5.41) is 18.4. The zero-order valence-electron chi connectivity index (χ0n) is 57.4. The Labute approximate surface area is 561 Å². The molecule has 3 unspecified atom stereocenters. The molecule has 2 saturated heterocycles. The molecule has 0 spiro atoms. The Morgan fingerprint density at radius 3 is 2.05 bits per heavy atom. The number of aryl methyl sites for hydroxylation is 1. The maximum atomic E-state index is 17.8. The summed E-state index contributed by atoms with van der Waals surface area (Å²) in [5.41, 5.74) is -1.75. The van der Waals surface area contributed by atoms with Gasteiger partial charge in [0.2, 0.25) is 29.3 Å². The number of aromatic nitrogens is 2. The lowest BCUT2D eigenvalue weighted by molar-refractivity contribution is -0.867. The number of alkyl halides is 1. The highest BCUT2D eigenvalue weighted by atomic mass is 19.1. The van der Waals surface area contributed by atoms with Gasteiger partial charge in [0.25, 0.3) is 17.7 Å². The smallest absolute Gasteiger partial charge is 0.343 e. The van der Waals surface area contributed by atoms with E-state index in [1.165, 1.54) is 37.5 Å². The van der Waals surface area contributed by atoms with E-state index in [9.17, 15) is 28.8 Å². The number of anilines is 2. The van der Waals surface area contributed by atoms with Gasteiger partial charge in [0.1, 0.15) is 47.6 Å². The van der Waals surface area contributed by atoms with Crippen molar-refractivity contribution >= 4 is 58.6 Å². The Bertz CT molecular complexity index is 3390. The average molecular weight is 1340 g/mol. The predicted molar refractivity (Wildman–Crippen MR) is 352 cm³/mol. The van der Waals surface area contributed by atoms with Crippen LogP contribution < -0.4 is 26.6 Å². The number of likely N-dealkylation sites (N-methyl/N-ethyl adjacent to an activating group) is 2. The molecule has 2 aromatic carbocycles. The van der Waals surface area contributed by atoms with Crippen LogP contribution in [0.1, 0.15) is 153 Å². The Hall–Kier alpha value is -6.80. The first-order valence-corrected chi connectivity index (χ1v) is 35.3. The highest BCUT2D eigenvalue weighted by molar-refractivity contribution is 6.02. The fraction of sp³-hybridized carbons (Fsp3) is 0.676. The second-order valence-corrected chi connectivity index (χ2v) is 29.2. The van der Waals surface area contributed by atoms with Gasteiger partial charge in [-0.2, -0.15) is 5.10 Å². The molecule has 5 aliphatic carbocycles. The molecule has 7 fully saturated rings. The third-order valence-electron chi connectivity index (χ3n) is 22.5. The van der Waals surface area contributed by atoms with E-state index in [1.807, 2.05) is 27.8 Å².